The molecule has 65 heavy (non-hydrogen) atoms. The van der Waals surface area contributed by atoms with E-state index in [1.807, 2.05) is 0 Å². The van der Waals surface area contributed by atoms with Crippen molar-refractivity contribution in [2.75, 3.05) is 13.2 Å². The van der Waals surface area contributed by atoms with E-state index in [4.69, 9.17) is 14.2 Å². The highest BCUT2D eigenvalue weighted by atomic mass is 16.6. The van der Waals surface area contributed by atoms with Crippen LogP contribution in [0.5, 0.6) is 0 Å². The number of ether oxygens (including phenoxy) is 3. The van der Waals surface area contributed by atoms with E-state index >= 15 is 0 Å². The molecule has 1 atom stereocenters. The number of unbranched alkanes of at least 4 members (excludes halogenated alkanes) is 38. The summed E-state index contributed by atoms with van der Waals surface area (Å²) >= 11 is 0. The van der Waals surface area contributed by atoms with Gasteiger partial charge in [-0.1, -0.05) is 251 Å². The number of hydrogen-bond donors (Lipinski definition) is 0. The molecular weight excluding hydrogens is 805 g/mol. The molecular formula is C59H110O6. The monoisotopic (exact) mass is 915 g/mol. The van der Waals surface area contributed by atoms with E-state index in [2.05, 4.69) is 45.1 Å². The lowest BCUT2D eigenvalue weighted by Crippen LogP contribution is -2.30. The normalized spacial score (nSPS) is 12.1. The van der Waals surface area contributed by atoms with Crippen LogP contribution < -0.4 is 0 Å². The fourth-order valence-corrected chi connectivity index (χ4v) is 8.55. The van der Waals surface area contributed by atoms with E-state index in [0.717, 1.165) is 64.2 Å². The molecule has 0 N–H and O–H groups in total. The first kappa shape index (κ1) is 62.9. The molecule has 0 radical (unpaired) electrons. The van der Waals surface area contributed by atoms with Gasteiger partial charge in [0.05, 0.1) is 0 Å². The zero-order valence-corrected chi connectivity index (χ0v) is 43.8. The predicted octanol–water partition coefficient (Wildman–Crippen LogP) is 19.1. The molecule has 0 saturated heterocycles. The first-order valence-corrected chi connectivity index (χ1v) is 28.8. The first-order chi connectivity index (χ1) is 32.0. The van der Waals surface area contributed by atoms with Crippen LogP contribution >= 0.6 is 0 Å². The largest absolute Gasteiger partial charge is 0.462 e. The van der Waals surface area contributed by atoms with Gasteiger partial charge in [-0.2, -0.15) is 0 Å². The summed E-state index contributed by atoms with van der Waals surface area (Å²) in [7, 11) is 0. The molecule has 0 spiro atoms. The molecule has 6 nitrogen and oxygen atoms in total. The van der Waals surface area contributed by atoms with E-state index in [9.17, 15) is 14.4 Å². The Morgan fingerprint density at radius 2 is 0.508 bits per heavy atom. The Kier molecular flexibility index (Phi) is 52.7. The zero-order valence-electron chi connectivity index (χ0n) is 43.8. The lowest BCUT2D eigenvalue weighted by molar-refractivity contribution is -0.167. The summed E-state index contributed by atoms with van der Waals surface area (Å²) in [5, 5.41) is 0. The Morgan fingerprint density at radius 3 is 0.769 bits per heavy atom. The molecule has 0 aromatic heterocycles. The number of carbonyl (C=O) groups is 3. The lowest BCUT2D eigenvalue weighted by atomic mass is 10.0. The number of hydrogen-bond acceptors (Lipinski definition) is 6. The van der Waals surface area contributed by atoms with Crippen LogP contribution in [0.4, 0.5) is 0 Å². The van der Waals surface area contributed by atoms with Crippen molar-refractivity contribution in [3.63, 3.8) is 0 Å². The minimum Gasteiger partial charge on any atom is -0.462 e. The van der Waals surface area contributed by atoms with Crippen molar-refractivity contribution in [2.24, 2.45) is 0 Å². The van der Waals surface area contributed by atoms with Gasteiger partial charge in [0.25, 0.3) is 0 Å². The van der Waals surface area contributed by atoms with Gasteiger partial charge in [0.1, 0.15) is 13.2 Å². The Balaban J connectivity index is 4.34. The number of rotatable bonds is 53. The Labute approximate surface area is 404 Å². The van der Waals surface area contributed by atoms with Crippen LogP contribution in [0, 0.1) is 0 Å². The topological polar surface area (TPSA) is 78.9 Å². The van der Waals surface area contributed by atoms with Gasteiger partial charge in [-0.15, -0.1) is 0 Å². The molecule has 0 aliphatic heterocycles. The third-order valence-corrected chi connectivity index (χ3v) is 12.9. The van der Waals surface area contributed by atoms with Gasteiger partial charge in [-0.25, -0.2) is 0 Å². The van der Waals surface area contributed by atoms with Gasteiger partial charge < -0.3 is 14.2 Å². The maximum Gasteiger partial charge on any atom is 0.306 e. The molecule has 0 aliphatic rings. The predicted molar refractivity (Wildman–Crippen MR) is 279 cm³/mol. The van der Waals surface area contributed by atoms with Gasteiger partial charge in [-0.05, 0) is 70.6 Å². The van der Waals surface area contributed by atoms with Gasteiger partial charge in [0.15, 0.2) is 6.10 Å². The first-order valence-electron chi connectivity index (χ1n) is 28.8. The highest BCUT2D eigenvalue weighted by molar-refractivity contribution is 5.71. The van der Waals surface area contributed by atoms with Crippen LogP contribution in [-0.2, 0) is 28.6 Å². The maximum atomic E-state index is 12.8. The molecule has 0 saturated carbocycles. The summed E-state index contributed by atoms with van der Waals surface area (Å²) in [5.41, 5.74) is 0. The van der Waals surface area contributed by atoms with Crippen LogP contribution in [0.3, 0.4) is 0 Å². The molecule has 0 amide bonds. The second kappa shape index (κ2) is 54.5. The zero-order chi connectivity index (χ0) is 47.2. The molecule has 382 valence electrons. The molecule has 0 aliphatic carbocycles. The fraction of sp³-hybridized carbons (Fsp3) is 0.881. The van der Waals surface area contributed by atoms with Crippen molar-refractivity contribution < 1.29 is 28.6 Å². The maximum absolute atomic E-state index is 12.8. The van der Waals surface area contributed by atoms with Crippen LogP contribution in [0.15, 0.2) is 24.3 Å². The highest BCUT2D eigenvalue weighted by Crippen LogP contribution is 2.16. The van der Waals surface area contributed by atoms with Crippen LogP contribution in [0.1, 0.15) is 316 Å². The molecule has 0 unspecified atom stereocenters. The molecule has 0 aromatic rings. The molecule has 0 heterocycles. The third-order valence-electron chi connectivity index (χ3n) is 12.9. The Hall–Kier alpha value is -2.11. The minimum atomic E-state index is -0.772. The second-order valence-corrected chi connectivity index (χ2v) is 19.6. The SMILES string of the molecule is CCCCCCCC/C=C\CCCCCCCCCC(=O)OC[C@H](COC(=O)CCCCCCC/C=C\CCCCCCCC)OC(=O)CCCCCCCCCCCCCCCCC. The van der Waals surface area contributed by atoms with E-state index in [-0.39, 0.29) is 31.1 Å². The van der Waals surface area contributed by atoms with Gasteiger partial charge in [0, 0.05) is 19.3 Å². The summed E-state index contributed by atoms with van der Waals surface area (Å²) in [4.78, 5) is 38.1. The smallest absolute Gasteiger partial charge is 0.306 e. The third kappa shape index (κ3) is 52.7. The van der Waals surface area contributed by atoms with Crippen molar-refractivity contribution in [1.29, 1.82) is 0 Å². The summed E-state index contributed by atoms with van der Waals surface area (Å²) in [5.74, 6) is -0.864. The Morgan fingerprint density at radius 1 is 0.292 bits per heavy atom. The number of esters is 3. The van der Waals surface area contributed by atoms with E-state index in [1.54, 1.807) is 0 Å². The number of carbonyl (C=O) groups excluding carboxylic acids is 3. The summed E-state index contributed by atoms with van der Waals surface area (Å²) in [6.07, 6.45) is 63.0. The van der Waals surface area contributed by atoms with Gasteiger partial charge in [-0.3, -0.25) is 14.4 Å². The van der Waals surface area contributed by atoms with Crippen molar-refractivity contribution in [3.8, 4) is 0 Å². The molecule has 6 heteroatoms. The Bertz CT molecular complexity index is 1050. The van der Waals surface area contributed by atoms with Crippen LogP contribution in [0.25, 0.3) is 0 Å². The second-order valence-electron chi connectivity index (χ2n) is 19.6. The molecule has 0 aromatic carbocycles. The van der Waals surface area contributed by atoms with E-state index < -0.39 is 6.10 Å². The van der Waals surface area contributed by atoms with Gasteiger partial charge in [0.2, 0.25) is 0 Å². The van der Waals surface area contributed by atoms with Crippen LogP contribution in [0.2, 0.25) is 0 Å². The summed E-state index contributed by atoms with van der Waals surface area (Å²) in [6, 6.07) is 0. The average molecular weight is 916 g/mol. The highest BCUT2D eigenvalue weighted by Gasteiger charge is 2.19. The quantitative estimate of drug-likeness (QED) is 0.0262. The summed E-state index contributed by atoms with van der Waals surface area (Å²) < 4.78 is 16.9. The molecule has 0 fully saturated rings. The lowest BCUT2D eigenvalue weighted by Gasteiger charge is -2.18. The van der Waals surface area contributed by atoms with E-state index in [1.165, 1.54) is 212 Å². The van der Waals surface area contributed by atoms with Crippen molar-refractivity contribution in [3.05, 3.63) is 24.3 Å². The minimum absolute atomic E-state index is 0.0719. The van der Waals surface area contributed by atoms with Crippen molar-refractivity contribution >= 4 is 17.9 Å². The van der Waals surface area contributed by atoms with Crippen molar-refractivity contribution in [1.82, 2.24) is 0 Å². The van der Waals surface area contributed by atoms with Crippen LogP contribution in [-0.4, -0.2) is 37.2 Å². The number of allylic oxidation sites excluding steroid dienone is 4. The molecule has 0 rings (SSSR count). The average Bonchev–Trinajstić information content (AvgIpc) is 3.30. The summed E-state index contributed by atoms with van der Waals surface area (Å²) in [6.45, 7) is 6.66. The van der Waals surface area contributed by atoms with E-state index in [0.29, 0.717) is 19.3 Å². The van der Waals surface area contributed by atoms with Crippen molar-refractivity contribution in [2.45, 2.75) is 322 Å². The standard InChI is InChI=1S/C59H110O6/c1-4-7-10-13-16-19-22-25-28-29-32-34-37-40-43-46-49-52-58(61)64-55-56(65-59(62)53-50-47-44-41-38-35-31-27-24-21-18-15-12-9-6-3)54-63-57(60)51-48-45-42-39-36-33-30-26-23-20-17-14-11-8-5-2/h25-26,28,30,56H,4-24,27,29,31-55H2,1-3H3/b28-25-,30-26-/t56-/m0/s1. The fourth-order valence-electron chi connectivity index (χ4n) is 8.55. The van der Waals surface area contributed by atoms with Gasteiger partial charge >= 0.3 is 17.9 Å². The molecule has 0 bridgehead atoms.